The molecule has 0 bridgehead atoms. The number of hydrogen-bond donors (Lipinski definition) is 1. The van der Waals surface area contributed by atoms with Gasteiger partial charge in [0.05, 0.1) is 0 Å². The average Bonchev–Trinajstić information content (AvgIpc) is 2.56. The largest absolute Gasteiger partial charge is 0.368 e. The van der Waals surface area contributed by atoms with E-state index in [1.807, 2.05) is 12.1 Å². The van der Waals surface area contributed by atoms with E-state index in [0.717, 1.165) is 24.5 Å². The fourth-order valence-electron chi connectivity index (χ4n) is 2.63. The second-order valence-electron chi connectivity index (χ2n) is 5.54. The van der Waals surface area contributed by atoms with Crippen LogP contribution >= 0.6 is 34.8 Å². The van der Waals surface area contributed by atoms with E-state index in [1.165, 1.54) is 0 Å². The van der Waals surface area contributed by atoms with Crippen molar-refractivity contribution in [2.75, 3.05) is 36.4 Å². The van der Waals surface area contributed by atoms with Crippen LogP contribution in [0.25, 0.3) is 0 Å². The molecular weight excluding hydrogens is 369 g/mol. The van der Waals surface area contributed by atoms with Crippen molar-refractivity contribution in [3.05, 3.63) is 57.5 Å². The Labute approximate surface area is 155 Å². The topological polar surface area (TPSA) is 35.6 Å². The molecular formula is C17H16Cl3N3O. The van der Waals surface area contributed by atoms with E-state index in [9.17, 15) is 4.79 Å². The molecule has 0 radical (unpaired) electrons. The maximum atomic E-state index is 12.3. The Bertz CT molecular complexity index is 708. The first-order valence-electron chi connectivity index (χ1n) is 7.54. The summed E-state index contributed by atoms with van der Waals surface area (Å²) in [6.45, 7) is 2.71. The first-order chi connectivity index (χ1) is 11.5. The Hall–Kier alpha value is -1.62. The van der Waals surface area contributed by atoms with Gasteiger partial charge in [0.25, 0.3) is 0 Å². The van der Waals surface area contributed by atoms with Gasteiger partial charge < -0.3 is 15.1 Å². The molecule has 0 unspecified atom stereocenters. The predicted molar refractivity (Wildman–Crippen MR) is 101 cm³/mol. The highest BCUT2D eigenvalue weighted by Crippen LogP contribution is 2.26. The van der Waals surface area contributed by atoms with Crippen molar-refractivity contribution in [1.82, 2.24) is 4.90 Å². The standard InChI is InChI=1S/C17H16Cl3N3O/c18-12-1-3-15(4-2-12)21-17(24)23-7-5-22(6-8-23)16-10-13(19)9-14(20)11-16/h1-4,9-11H,5-8H2,(H,21,24). The van der Waals surface area contributed by atoms with Gasteiger partial charge in [0.15, 0.2) is 0 Å². The van der Waals surface area contributed by atoms with Crippen molar-refractivity contribution >= 4 is 52.2 Å². The number of nitrogens with zero attached hydrogens (tertiary/aromatic N) is 2. The molecule has 0 atom stereocenters. The molecule has 24 heavy (non-hydrogen) atoms. The zero-order valence-electron chi connectivity index (χ0n) is 12.8. The molecule has 3 rings (SSSR count). The van der Waals surface area contributed by atoms with Crippen LogP contribution in [0.5, 0.6) is 0 Å². The monoisotopic (exact) mass is 383 g/mol. The average molecular weight is 385 g/mol. The molecule has 4 nitrogen and oxygen atoms in total. The van der Waals surface area contributed by atoms with Crippen LogP contribution in [0.1, 0.15) is 0 Å². The summed E-state index contributed by atoms with van der Waals surface area (Å²) in [6.07, 6.45) is 0. The lowest BCUT2D eigenvalue weighted by molar-refractivity contribution is 0.208. The number of nitrogens with one attached hydrogen (secondary N) is 1. The van der Waals surface area contributed by atoms with Gasteiger partial charge in [0.2, 0.25) is 0 Å². The third-order valence-corrected chi connectivity index (χ3v) is 4.56. The van der Waals surface area contributed by atoms with Crippen LogP contribution in [0.2, 0.25) is 15.1 Å². The molecule has 1 fully saturated rings. The van der Waals surface area contributed by atoms with Crippen LogP contribution in [-0.4, -0.2) is 37.1 Å². The van der Waals surface area contributed by atoms with Gasteiger partial charge in [0.1, 0.15) is 0 Å². The Morgan fingerprint density at radius 1 is 0.833 bits per heavy atom. The van der Waals surface area contributed by atoms with Crippen molar-refractivity contribution in [3.8, 4) is 0 Å². The maximum Gasteiger partial charge on any atom is 0.321 e. The molecule has 1 saturated heterocycles. The smallest absolute Gasteiger partial charge is 0.321 e. The van der Waals surface area contributed by atoms with Gasteiger partial charge in [-0.15, -0.1) is 0 Å². The zero-order valence-corrected chi connectivity index (χ0v) is 15.1. The number of halogens is 3. The minimum atomic E-state index is -0.110. The molecule has 0 aliphatic carbocycles. The van der Waals surface area contributed by atoms with Crippen molar-refractivity contribution in [2.24, 2.45) is 0 Å². The lowest BCUT2D eigenvalue weighted by Crippen LogP contribution is -2.50. The number of hydrogen-bond acceptors (Lipinski definition) is 2. The summed E-state index contributed by atoms with van der Waals surface area (Å²) in [7, 11) is 0. The van der Waals surface area contributed by atoms with Crippen molar-refractivity contribution in [2.45, 2.75) is 0 Å². The summed E-state index contributed by atoms with van der Waals surface area (Å²) in [5, 5.41) is 4.74. The maximum absolute atomic E-state index is 12.3. The molecule has 2 aromatic carbocycles. The minimum Gasteiger partial charge on any atom is -0.368 e. The minimum absolute atomic E-state index is 0.110. The third-order valence-electron chi connectivity index (χ3n) is 3.87. The Morgan fingerprint density at radius 2 is 1.42 bits per heavy atom. The molecule has 2 aromatic rings. The fraction of sp³-hybridized carbons (Fsp3) is 0.235. The highest BCUT2D eigenvalue weighted by molar-refractivity contribution is 6.35. The van der Waals surface area contributed by atoms with Crippen LogP contribution < -0.4 is 10.2 Å². The molecule has 0 saturated carbocycles. The molecule has 1 aliphatic heterocycles. The fourth-order valence-corrected chi connectivity index (χ4v) is 3.27. The summed E-state index contributed by atoms with van der Waals surface area (Å²) in [5.41, 5.74) is 1.71. The van der Waals surface area contributed by atoms with Gasteiger partial charge in [-0.3, -0.25) is 0 Å². The SMILES string of the molecule is O=C(Nc1ccc(Cl)cc1)N1CCN(c2cc(Cl)cc(Cl)c2)CC1. The Morgan fingerprint density at radius 3 is 2.00 bits per heavy atom. The van der Waals surface area contributed by atoms with Crippen LogP contribution in [0.15, 0.2) is 42.5 Å². The summed E-state index contributed by atoms with van der Waals surface area (Å²) in [5.74, 6) is 0. The Kier molecular flexibility index (Phi) is 5.39. The number of carbonyl (C=O) groups excluding carboxylic acids is 1. The lowest BCUT2D eigenvalue weighted by Gasteiger charge is -2.36. The highest BCUT2D eigenvalue weighted by Gasteiger charge is 2.21. The normalized spacial score (nSPS) is 14.6. The Balaban J connectivity index is 1.58. The van der Waals surface area contributed by atoms with Gasteiger partial charge in [-0.05, 0) is 42.5 Å². The molecule has 126 valence electrons. The van der Waals surface area contributed by atoms with E-state index in [2.05, 4.69) is 10.2 Å². The quantitative estimate of drug-likeness (QED) is 0.791. The number of piperazine rings is 1. The first-order valence-corrected chi connectivity index (χ1v) is 8.67. The number of rotatable bonds is 2. The number of urea groups is 1. The van der Waals surface area contributed by atoms with E-state index >= 15 is 0 Å². The molecule has 1 aliphatic rings. The number of anilines is 2. The van der Waals surface area contributed by atoms with Crippen LogP contribution in [-0.2, 0) is 0 Å². The number of amides is 2. The zero-order chi connectivity index (χ0) is 17.1. The lowest BCUT2D eigenvalue weighted by atomic mass is 10.2. The molecule has 0 spiro atoms. The number of benzene rings is 2. The number of carbonyl (C=O) groups is 1. The molecule has 0 aromatic heterocycles. The van der Waals surface area contributed by atoms with Crippen LogP contribution in [0, 0.1) is 0 Å². The first kappa shape index (κ1) is 17.2. The van der Waals surface area contributed by atoms with Crippen LogP contribution in [0.4, 0.5) is 16.2 Å². The van der Waals surface area contributed by atoms with Gasteiger partial charge in [-0.25, -0.2) is 4.79 Å². The van der Waals surface area contributed by atoms with Gasteiger partial charge in [-0.2, -0.15) is 0 Å². The molecule has 1 heterocycles. The summed E-state index contributed by atoms with van der Waals surface area (Å²) < 4.78 is 0. The van der Waals surface area contributed by atoms with Crippen molar-refractivity contribution in [1.29, 1.82) is 0 Å². The highest BCUT2D eigenvalue weighted by atomic mass is 35.5. The van der Waals surface area contributed by atoms with Gasteiger partial charge >= 0.3 is 6.03 Å². The third kappa shape index (κ3) is 4.26. The van der Waals surface area contributed by atoms with Crippen molar-refractivity contribution < 1.29 is 4.79 Å². The van der Waals surface area contributed by atoms with E-state index in [-0.39, 0.29) is 6.03 Å². The van der Waals surface area contributed by atoms with E-state index < -0.39 is 0 Å². The van der Waals surface area contributed by atoms with Crippen molar-refractivity contribution in [3.63, 3.8) is 0 Å². The van der Waals surface area contributed by atoms with Crippen LogP contribution in [0.3, 0.4) is 0 Å². The summed E-state index contributed by atoms with van der Waals surface area (Å²) in [6, 6.07) is 12.4. The van der Waals surface area contributed by atoms with Gasteiger partial charge in [0, 0.05) is 52.6 Å². The molecule has 2 amide bonds. The van der Waals surface area contributed by atoms with E-state index in [0.29, 0.717) is 28.2 Å². The predicted octanol–water partition coefficient (Wildman–Crippen LogP) is 5.00. The van der Waals surface area contributed by atoms with E-state index in [1.54, 1.807) is 35.2 Å². The molecule has 7 heteroatoms. The second kappa shape index (κ2) is 7.51. The second-order valence-corrected chi connectivity index (χ2v) is 6.85. The summed E-state index contributed by atoms with van der Waals surface area (Å²) >= 11 is 18.0. The summed E-state index contributed by atoms with van der Waals surface area (Å²) in [4.78, 5) is 16.3. The molecule has 1 N–H and O–H groups in total. The van der Waals surface area contributed by atoms with Gasteiger partial charge in [-0.1, -0.05) is 34.8 Å². The van der Waals surface area contributed by atoms with E-state index in [4.69, 9.17) is 34.8 Å².